The number of thioether (sulfide) groups is 1. The highest BCUT2D eigenvalue weighted by molar-refractivity contribution is 7.99. The van der Waals surface area contributed by atoms with Crippen LogP contribution < -0.4 is 0 Å². The number of aryl methyl sites for hydroxylation is 3. The molecule has 1 N–H and O–H groups in total. The average Bonchev–Trinajstić information content (AvgIpc) is 2.40. The topological polar surface area (TPSA) is 37.3 Å². The molecular formula is C19H26O2S. The number of rotatable bonds is 3. The standard InChI is InChI=1S/C19H26O2S/c1-11-7-12(2)17(13(3)8-11)18-15(20)9-14(10-16(18)21)19(4,5)22-6/h7-8,14,20H,9-10H2,1-6H3. The SMILES string of the molecule is CSC(C)(C)C1CC(=O)C(c2c(C)cc(C)cc2C)=C(O)C1. The molecule has 22 heavy (non-hydrogen) atoms. The van der Waals surface area contributed by atoms with Gasteiger partial charge in [0.15, 0.2) is 5.78 Å². The molecule has 1 aliphatic rings. The van der Waals surface area contributed by atoms with Crippen LogP contribution >= 0.6 is 11.8 Å². The van der Waals surface area contributed by atoms with E-state index in [-0.39, 0.29) is 22.2 Å². The quantitative estimate of drug-likeness (QED) is 0.852. The van der Waals surface area contributed by atoms with Gasteiger partial charge < -0.3 is 5.11 Å². The van der Waals surface area contributed by atoms with E-state index in [0.717, 1.165) is 16.7 Å². The summed E-state index contributed by atoms with van der Waals surface area (Å²) in [6, 6.07) is 4.15. The van der Waals surface area contributed by atoms with Crippen molar-refractivity contribution >= 4 is 23.1 Å². The van der Waals surface area contributed by atoms with E-state index in [4.69, 9.17) is 0 Å². The van der Waals surface area contributed by atoms with E-state index < -0.39 is 0 Å². The van der Waals surface area contributed by atoms with Crippen molar-refractivity contribution < 1.29 is 9.90 Å². The van der Waals surface area contributed by atoms with E-state index in [1.807, 2.05) is 13.8 Å². The highest BCUT2D eigenvalue weighted by Crippen LogP contribution is 2.43. The molecule has 2 rings (SSSR count). The first-order valence-corrected chi connectivity index (χ1v) is 8.98. The number of carbonyl (C=O) groups excluding carboxylic acids is 1. The zero-order chi connectivity index (χ0) is 16.7. The summed E-state index contributed by atoms with van der Waals surface area (Å²) in [5.41, 5.74) is 4.78. The van der Waals surface area contributed by atoms with Gasteiger partial charge in [0, 0.05) is 17.6 Å². The van der Waals surface area contributed by atoms with Crippen LogP contribution in [0.25, 0.3) is 5.57 Å². The molecule has 0 saturated carbocycles. The number of carbonyl (C=O) groups is 1. The summed E-state index contributed by atoms with van der Waals surface area (Å²) in [5.74, 6) is 0.522. The highest BCUT2D eigenvalue weighted by Gasteiger charge is 2.37. The van der Waals surface area contributed by atoms with Crippen molar-refractivity contribution in [3.63, 3.8) is 0 Å². The normalized spacial score (nSPS) is 19.7. The number of benzene rings is 1. The highest BCUT2D eigenvalue weighted by atomic mass is 32.2. The van der Waals surface area contributed by atoms with Gasteiger partial charge in [-0.2, -0.15) is 11.8 Å². The molecule has 1 atom stereocenters. The van der Waals surface area contributed by atoms with Crippen molar-refractivity contribution in [3.8, 4) is 0 Å². The fourth-order valence-electron chi connectivity index (χ4n) is 3.41. The summed E-state index contributed by atoms with van der Waals surface area (Å²) in [4.78, 5) is 12.7. The second kappa shape index (κ2) is 6.11. The molecule has 0 spiro atoms. The summed E-state index contributed by atoms with van der Waals surface area (Å²) < 4.78 is -0.00741. The minimum Gasteiger partial charge on any atom is -0.512 e. The molecule has 120 valence electrons. The van der Waals surface area contributed by atoms with E-state index in [0.29, 0.717) is 18.4 Å². The zero-order valence-electron chi connectivity index (χ0n) is 14.4. The number of ketones is 1. The summed E-state index contributed by atoms with van der Waals surface area (Å²) in [6.07, 6.45) is 3.16. The molecule has 1 aromatic rings. The third-order valence-corrected chi connectivity index (χ3v) is 6.26. The first-order valence-electron chi connectivity index (χ1n) is 7.76. The predicted molar refractivity (Wildman–Crippen MR) is 95.5 cm³/mol. The minimum atomic E-state index is -0.00741. The van der Waals surface area contributed by atoms with Gasteiger partial charge in [0.2, 0.25) is 0 Å². The van der Waals surface area contributed by atoms with Crippen LogP contribution in [-0.4, -0.2) is 21.9 Å². The Labute approximate surface area is 138 Å². The third kappa shape index (κ3) is 3.10. The van der Waals surface area contributed by atoms with E-state index in [9.17, 15) is 9.90 Å². The maximum atomic E-state index is 12.7. The van der Waals surface area contributed by atoms with Crippen LogP contribution in [0.3, 0.4) is 0 Å². The van der Waals surface area contributed by atoms with Crippen molar-refractivity contribution in [2.45, 2.75) is 52.2 Å². The van der Waals surface area contributed by atoms with Crippen LogP contribution in [0.4, 0.5) is 0 Å². The fraction of sp³-hybridized carbons (Fsp3) is 0.526. The van der Waals surface area contributed by atoms with Gasteiger partial charge in [-0.05, 0) is 49.6 Å². The van der Waals surface area contributed by atoms with Gasteiger partial charge in [0.05, 0.1) is 5.57 Å². The van der Waals surface area contributed by atoms with Crippen LogP contribution in [0.15, 0.2) is 17.9 Å². The lowest BCUT2D eigenvalue weighted by Gasteiger charge is -2.35. The second-order valence-corrected chi connectivity index (χ2v) is 8.39. The summed E-state index contributed by atoms with van der Waals surface area (Å²) in [7, 11) is 0. The van der Waals surface area contributed by atoms with Gasteiger partial charge in [-0.1, -0.05) is 31.5 Å². The maximum Gasteiger partial charge on any atom is 0.167 e. The maximum absolute atomic E-state index is 12.7. The van der Waals surface area contributed by atoms with Crippen molar-refractivity contribution in [2.75, 3.05) is 6.26 Å². The molecule has 0 radical (unpaired) electrons. The molecule has 0 aliphatic heterocycles. The number of allylic oxidation sites excluding steroid dienone is 2. The molecule has 1 aliphatic carbocycles. The Morgan fingerprint density at radius 2 is 1.68 bits per heavy atom. The molecule has 0 amide bonds. The number of aliphatic hydroxyl groups excluding tert-OH is 1. The number of aliphatic hydroxyl groups is 1. The Kier molecular flexibility index (Phi) is 4.76. The molecule has 1 unspecified atom stereocenters. The number of hydrogen-bond donors (Lipinski definition) is 1. The van der Waals surface area contributed by atoms with Gasteiger partial charge in [0.25, 0.3) is 0 Å². The molecule has 2 nitrogen and oxygen atoms in total. The van der Waals surface area contributed by atoms with Crippen molar-refractivity contribution in [2.24, 2.45) is 5.92 Å². The Morgan fingerprint density at radius 1 is 1.14 bits per heavy atom. The van der Waals surface area contributed by atoms with Crippen molar-refractivity contribution in [1.82, 2.24) is 0 Å². The largest absolute Gasteiger partial charge is 0.512 e. The van der Waals surface area contributed by atoms with Gasteiger partial charge in [-0.25, -0.2) is 0 Å². The zero-order valence-corrected chi connectivity index (χ0v) is 15.2. The van der Waals surface area contributed by atoms with Crippen LogP contribution in [0.2, 0.25) is 0 Å². The predicted octanol–water partition coefficient (Wildman–Crippen LogP) is 5.00. The van der Waals surface area contributed by atoms with E-state index in [1.54, 1.807) is 11.8 Å². The second-order valence-electron chi connectivity index (χ2n) is 6.93. The van der Waals surface area contributed by atoms with Crippen LogP contribution in [0.1, 0.15) is 48.9 Å². The lowest BCUT2D eigenvalue weighted by molar-refractivity contribution is -0.115. The van der Waals surface area contributed by atoms with Gasteiger partial charge in [-0.3, -0.25) is 4.79 Å². The van der Waals surface area contributed by atoms with Gasteiger partial charge >= 0.3 is 0 Å². The monoisotopic (exact) mass is 318 g/mol. The Balaban J connectivity index is 2.49. The fourth-order valence-corrected chi connectivity index (χ4v) is 3.91. The third-order valence-electron chi connectivity index (χ3n) is 4.88. The molecule has 1 aromatic carbocycles. The molecule has 0 bridgehead atoms. The van der Waals surface area contributed by atoms with E-state index in [2.05, 4.69) is 39.2 Å². The smallest absolute Gasteiger partial charge is 0.167 e. The van der Waals surface area contributed by atoms with Crippen LogP contribution in [0.5, 0.6) is 0 Å². The summed E-state index contributed by atoms with van der Waals surface area (Å²) >= 11 is 1.76. The first-order chi connectivity index (χ1) is 10.2. The minimum absolute atomic E-state index is 0.00741. The molecule has 0 heterocycles. The lowest BCUT2D eigenvalue weighted by Crippen LogP contribution is -2.33. The lowest BCUT2D eigenvalue weighted by atomic mass is 9.77. The number of hydrogen-bond acceptors (Lipinski definition) is 3. The summed E-state index contributed by atoms with van der Waals surface area (Å²) in [6.45, 7) is 10.4. The molecule has 0 aromatic heterocycles. The van der Waals surface area contributed by atoms with Gasteiger partial charge in [-0.15, -0.1) is 0 Å². The average molecular weight is 318 g/mol. The molecular weight excluding hydrogens is 292 g/mol. The molecule has 0 fully saturated rings. The van der Waals surface area contributed by atoms with Crippen LogP contribution in [0, 0.1) is 26.7 Å². The molecule has 3 heteroatoms. The Morgan fingerprint density at radius 3 is 2.14 bits per heavy atom. The van der Waals surface area contributed by atoms with Crippen molar-refractivity contribution in [1.29, 1.82) is 0 Å². The van der Waals surface area contributed by atoms with E-state index >= 15 is 0 Å². The van der Waals surface area contributed by atoms with Crippen molar-refractivity contribution in [3.05, 3.63) is 40.1 Å². The first kappa shape index (κ1) is 17.1. The molecule has 0 saturated heterocycles. The van der Waals surface area contributed by atoms with E-state index in [1.165, 1.54) is 5.56 Å². The van der Waals surface area contributed by atoms with Crippen LogP contribution in [-0.2, 0) is 4.79 Å². The Hall–Kier alpha value is -1.22. The Bertz CT molecular complexity index is 618. The summed E-state index contributed by atoms with van der Waals surface area (Å²) in [5, 5.41) is 10.6. The van der Waals surface area contributed by atoms with Gasteiger partial charge in [0.1, 0.15) is 5.76 Å². The number of Topliss-reactive ketones (excluding diaryl/α,β-unsaturated/α-hetero) is 1.